The van der Waals surface area contributed by atoms with Gasteiger partial charge in [0.2, 0.25) is 0 Å². The van der Waals surface area contributed by atoms with Crippen molar-refractivity contribution in [3.63, 3.8) is 0 Å². The standard InChI is InChI=1S/C38H39ClFN5O5/c1-21-33-30-12-11-29(39)35(33)34-22(2)43(3)42-36(34)32(20-48-5)50-19-26-18-27(44(4)41-26)9-7-23-15-24-17-25(40)8-10-28(24)31(16-23)49-14-6-13-45(30)37(21)38(46)47/h8,10-12,15-18,32H,6-7,9,13-14,19-20H2,1-5H3,(H,46,47). The number of fused-ring (bicyclic) bond motifs is 8. The van der Waals surface area contributed by atoms with Gasteiger partial charge in [-0.2, -0.15) is 10.2 Å². The molecule has 12 heteroatoms. The first-order valence-corrected chi connectivity index (χ1v) is 17.0. The van der Waals surface area contributed by atoms with Crippen molar-refractivity contribution in [2.75, 3.05) is 20.3 Å². The van der Waals surface area contributed by atoms with E-state index in [2.05, 4.69) is 0 Å². The maximum Gasteiger partial charge on any atom is 0.352 e. The van der Waals surface area contributed by atoms with Gasteiger partial charge in [-0.1, -0.05) is 17.7 Å². The van der Waals surface area contributed by atoms with Crippen LogP contribution in [0.3, 0.4) is 0 Å². The Morgan fingerprint density at radius 2 is 1.88 bits per heavy atom. The van der Waals surface area contributed by atoms with E-state index >= 15 is 0 Å². The number of benzene rings is 3. The van der Waals surface area contributed by atoms with Gasteiger partial charge < -0.3 is 23.9 Å². The van der Waals surface area contributed by atoms with Crippen LogP contribution in [0.5, 0.6) is 5.75 Å². The van der Waals surface area contributed by atoms with Crippen LogP contribution in [-0.4, -0.2) is 55.5 Å². The highest BCUT2D eigenvalue weighted by molar-refractivity contribution is 6.35. The van der Waals surface area contributed by atoms with Crippen molar-refractivity contribution in [1.82, 2.24) is 24.1 Å². The first-order chi connectivity index (χ1) is 24.0. The summed E-state index contributed by atoms with van der Waals surface area (Å²) in [5.74, 6) is -0.688. The molecule has 10 nitrogen and oxygen atoms in total. The normalized spacial score (nSPS) is 15.6. The summed E-state index contributed by atoms with van der Waals surface area (Å²) in [7, 11) is 5.40. The second kappa shape index (κ2) is 13.5. The number of aromatic nitrogens is 5. The predicted molar refractivity (Wildman–Crippen MR) is 190 cm³/mol. The SMILES string of the molecule is COCC1OCc2cc(n(C)n2)CCc2cc(c3ccc(F)cc3c2)OCCCn2c(C(=O)O)c(C)c3c(c(Cl)ccc32)-c2c1nn(C)c2C. The number of aromatic carboxylic acids is 1. The Morgan fingerprint density at radius 1 is 1.06 bits per heavy atom. The van der Waals surface area contributed by atoms with E-state index in [9.17, 15) is 14.3 Å². The zero-order chi connectivity index (χ0) is 35.3. The van der Waals surface area contributed by atoms with E-state index < -0.39 is 12.1 Å². The Kier molecular flexibility index (Phi) is 9.15. The second-order valence-electron chi connectivity index (χ2n) is 12.9. The molecule has 260 valence electrons. The molecule has 1 aliphatic heterocycles. The van der Waals surface area contributed by atoms with Gasteiger partial charge in [-0.3, -0.25) is 9.36 Å². The highest BCUT2D eigenvalue weighted by Gasteiger charge is 2.30. The number of methoxy groups -OCH3 is 1. The number of carbonyl (C=O) groups is 1. The Morgan fingerprint density at radius 3 is 2.66 bits per heavy atom. The maximum atomic E-state index is 14.3. The molecule has 1 unspecified atom stereocenters. The van der Waals surface area contributed by atoms with Crippen LogP contribution >= 0.6 is 11.6 Å². The van der Waals surface area contributed by atoms with Crippen LogP contribution in [0.1, 0.15) is 56.9 Å². The molecular formula is C38H39ClFN5O5. The monoisotopic (exact) mass is 699 g/mol. The van der Waals surface area contributed by atoms with E-state index in [1.165, 1.54) is 12.1 Å². The number of aryl methyl sites for hydroxylation is 6. The lowest BCUT2D eigenvalue weighted by molar-refractivity contribution is -0.0164. The van der Waals surface area contributed by atoms with Gasteiger partial charge in [0.05, 0.1) is 25.5 Å². The topological polar surface area (TPSA) is 106 Å². The van der Waals surface area contributed by atoms with Crippen molar-refractivity contribution < 1.29 is 28.5 Å². The summed E-state index contributed by atoms with van der Waals surface area (Å²) in [6, 6.07) is 14.4. The third-order valence-electron chi connectivity index (χ3n) is 9.71. The highest BCUT2D eigenvalue weighted by Crippen LogP contribution is 2.44. The summed E-state index contributed by atoms with van der Waals surface area (Å²) >= 11 is 7.03. The Bertz CT molecular complexity index is 2270. The van der Waals surface area contributed by atoms with Crippen LogP contribution < -0.4 is 4.74 Å². The third kappa shape index (κ3) is 6.03. The first kappa shape index (κ1) is 33.8. The molecule has 0 saturated heterocycles. The maximum absolute atomic E-state index is 14.3. The molecular weight excluding hydrogens is 661 g/mol. The first-order valence-electron chi connectivity index (χ1n) is 16.6. The minimum absolute atomic E-state index is 0.187. The van der Waals surface area contributed by atoms with Crippen molar-refractivity contribution in [1.29, 1.82) is 0 Å². The van der Waals surface area contributed by atoms with Gasteiger partial charge in [-0.25, -0.2) is 9.18 Å². The summed E-state index contributed by atoms with van der Waals surface area (Å²) in [5.41, 5.74) is 7.30. The summed E-state index contributed by atoms with van der Waals surface area (Å²) < 4.78 is 38.3. The zero-order valence-corrected chi connectivity index (χ0v) is 29.5. The molecule has 3 aromatic heterocycles. The molecule has 4 heterocycles. The molecule has 8 bridgehead atoms. The molecule has 6 aromatic rings. The number of halogens is 2. The second-order valence-corrected chi connectivity index (χ2v) is 13.3. The van der Waals surface area contributed by atoms with Crippen LogP contribution in [0.25, 0.3) is 32.8 Å². The number of nitrogens with zero attached hydrogens (tertiary/aromatic N) is 5. The van der Waals surface area contributed by atoms with E-state index in [1.807, 2.05) is 61.5 Å². The zero-order valence-electron chi connectivity index (χ0n) is 28.7. The number of carboxylic acid groups (broad SMARTS) is 1. The van der Waals surface area contributed by atoms with Crippen LogP contribution in [0.4, 0.5) is 4.39 Å². The Labute approximate surface area is 293 Å². The average Bonchev–Trinajstić information content (AvgIpc) is 3.69. The van der Waals surface area contributed by atoms with Gasteiger partial charge in [0, 0.05) is 71.6 Å². The van der Waals surface area contributed by atoms with Crippen molar-refractivity contribution in [2.45, 2.75) is 52.4 Å². The fraction of sp³-hybridized carbons (Fsp3) is 0.342. The summed E-state index contributed by atoms with van der Waals surface area (Å²) in [6.45, 7) is 4.92. The molecule has 1 N–H and O–H groups in total. The van der Waals surface area contributed by atoms with Crippen LogP contribution in [0.2, 0.25) is 5.02 Å². The van der Waals surface area contributed by atoms with Gasteiger partial charge in [0.15, 0.2) is 0 Å². The molecule has 0 radical (unpaired) electrons. The average molecular weight is 700 g/mol. The van der Waals surface area contributed by atoms with Gasteiger partial charge >= 0.3 is 5.97 Å². The summed E-state index contributed by atoms with van der Waals surface area (Å²) in [6.07, 6.45) is 1.33. The summed E-state index contributed by atoms with van der Waals surface area (Å²) in [4.78, 5) is 12.8. The Hall–Kier alpha value is -4.71. The fourth-order valence-corrected chi connectivity index (χ4v) is 7.51. The number of hydrogen-bond donors (Lipinski definition) is 1. The minimum atomic E-state index is -1.03. The van der Waals surface area contributed by atoms with E-state index in [0.29, 0.717) is 60.0 Å². The lowest BCUT2D eigenvalue weighted by atomic mass is 9.95. The number of rotatable bonds is 3. The van der Waals surface area contributed by atoms with E-state index in [-0.39, 0.29) is 24.7 Å². The molecule has 50 heavy (non-hydrogen) atoms. The minimum Gasteiger partial charge on any atom is -0.493 e. The molecule has 1 atom stereocenters. The Balaban J connectivity index is 1.40. The van der Waals surface area contributed by atoms with E-state index in [1.54, 1.807) is 23.9 Å². The summed E-state index contributed by atoms with van der Waals surface area (Å²) in [5, 5.41) is 22.9. The van der Waals surface area contributed by atoms with Gasteiger partial charge in [-0.15, -0.1) is 0 Å². The highest BCUT2D eigenvalue weighted by atomic mass is 35.5. The van der Waals surface area contributed by atoms with Crippen molar-refractivity contribution in [3.05, 3.63) is 99.0 Å². The molecule has 0 saturated carbocycles. The molecule has 0 amide bonds. The lowest BCUT2D eigenvalue weighted by Crippen LogP contribution is -2.13. The molecule has 7 rings (SSSR count). The molecule has 1 aliphatic rings. The quantitative estimate of drug-likeness (QED) is 0.204. The molecule has 0 spiro atoms. The molecule has 3 aromatic carbocycles. The van der Waals surface area contributed by atoms with Gasteiger partial charge in [0.25, 0.3) is 0 Å². The van der Waals surface area contributed by atoms with Crippen LogP contribution in [0.15, 0.2) is 48.5 Å². The van der Waals surface area contributed by atoms with Crippen molar-refractivity contribution >= 4 is 39.2 Å². The van der Waals surface area contributed by atoms with Gasteiger partial charge in [-0.05, 0) is 92.1 Å². The van der Waals surface area contributed by atoms with Crippen molar-refractivity contribution in [3.8, 4) is 16.9 Å². The lowest BCUT2D eigenvalue weighted by Gasteiger charge is -2.18. The van der Waals surface area contributed by atoms with Gasteiger partial charge in [0.1, 0.15) is 29.1 Å². The fourth-order valence-electron chi connectivity index (χ4n) is 7.26. The molecule has 0 aliphatic carbocycles. The predicted octanol–water partition coefficient (Wildman–Crippen LogP) is 7.51. The van der Waals surface area contributed by atoms with Crippen molar-refractivity contribution in [2.24, 2.45) is 14.1 Å². The number of carboxylic acids is 1. The van der Waals surface area contributed by atoms with Crippen LogP contribution in [-0.2, 0) is 49.6 Å². The number of ether oxygens (including phenoxy) is 3. The van der Waals surface area contributed by atoms with E-state index in [4.69, 9.17) is 36.0 Å². The van der Waals surface area contributed by atoms with E-state index in [0.717, 1.165) is 49.9 Å². The third-order valence-corrected chi connectivity index (χ3v) is 10.0. The smallest absolute Gasteiger partial charge is 0.352 e. The number of hydrogen-bond acceptors (Lipinski definition) is 6. The van der Waals surface area contributed by atoms with Crippen LogP contribution in [0, 0.1) is 19.7 Å². The largest absolute Gasteiger partial charge is 0.493 e. The molecule has 0 fully saturated rings.